The minimum absolute atomic E-state index is 0.161. The number of nitrogens with zero attached hydrogens (tertiary/aromatic N) is 2. The minimum Gasteiger partial charge on any atom is -0.350 e. The highest BCUT2D eigenvalue weighted by atomic mass is 32.2. The van der Waals surface area contributed by atoms with E-state index >= 15 is 0 Å². The molecule has 0 spiro atoms. The Labute approximate surface area is 142 Å². The highest BCUT2D eigenvalue weighted by Crippen LogP contribution is 2.20. The second-order valence-corrected chi connectivity index (χ2v) is 8.53. The van der Waals surface area contributed by atoms with Crippen LogP contribution >= 0.6 is 0 Å². The number of hydrogen-bond acceptors (Lipinski definition) is 4. The molecule has 1 N–H and O–H groups in total. The van der Waals surface area contributed by atoms with Crippen LogP contribution in [0.3, 0.4) is 0 Å². The third-order valence-electron chi connectivity index (χ3n) is 3.40. The second kappa shape index (κ2) is 6.86. The molecule has 0 atom stereocenters. The van der Waals surface area contributed by atoms with Gasteiger partial charge in [0.1, 0.15) is 0 Å². The largest absolute Gasteiger partial charge is 0.350 e. The highest BCUT2D eigenvalue weighted by molar-refractivity contribution is 7.89. The van der Waals surface area contributed by atoms with E-state index in [0.29, 0.717) is 0 Å². The van der Waals surface area contributed by atoms with E-state index in [1.54, 1.807) is 31.3 Å². The normalized spacial score (nSPS) is 12.5. The van der Waals surface area contributed by atoms with Crippen LogP contribution in [-0.2, 0) is 14.8 Å². The molecule has 0 radical (unpaired) electrons. The number of rotatable bonds is 5. The summed E-state index contributed by atoms with van der Waals surface area (Å²) in [6.07, 6.45) is 1.66. The number of hydrogen-bond donors (Lipinski definition) is 1. The number of aromatic nitrogens is 1. The molecule has 0 aliphatic heterocycles. The lowest BCUT2D eigenvalue weighted by Gasteiger charge is -2.24. The van der Waals surface area contributed by atoms with Crippen LogP contribution < -0.4 is 5.32 Å². The molecule has 2 rings (SSSR count). The summed E-state index contributed by atoms with van der Waals surface area (Å²) in [5.74, 6) is -0.324. The van der Waals surface area contributed by atoms with Crippen molar-refractivity contribution in [2.45, 2.75) is 38.1 Å². The number of pyridine rings is 1. The molecule has 0 saturated heterocycles. The van der Waals surface area contributed by atoms with Crippen molar-refractivity contribution in [1.82, 2.24) is 14.6 Å². The molecule has 6 nitrogen and oxygen atoms in total. The van der Waals surface area contributed by atoms with Gasteiger partial charge in [0.2, 0.25) is 15.9 Å². The molecule has 24 heavy (non-hydrogen) atoms. The molecule has 130 valence electrons. The maximum atomic E-state index is 12.8. The molecule has 0 unspecified atom stereocenters. The quantitative estimate of drug-likeness (QED) is 0.897. The van der Waals surface area contributed by atoms with Crippen LogP contribution in [0.2, 0.25) is 0 Å². The highest BCUT2D eigenvalue weighted by Gasteiger charge is 2.26. The fraction of sp³-hybridized carbons (Fsp3) is 0.412. The molecule has 7 heteroatoms. The summed E-state index contributed by atoms with van der Waals surface area (Å²) in [6, 6.07) is 8.35. The third-order valence-corrected chi connectivity index (χ3v) is 5.32. The lowest BCUT2D eigenvalue weighted by atomic mass is 10.1. The Hall–Kier alpha value is -1.99. The minimum atomic E-state index is -3.75. The van der Waals surface area contributed by atoms with E-state index in [-0.39, 0.29) is 23.9 Å². The van der Waals surface area contributed by atoms with Gasteiger partial charge >= 0.3 is 0 Å². The Balaban J connectivity index is 2.29. The summed E-state index contributed by atoms with van der Waals surface area (Å²) in [6.45, 7) is 7.28. The van der Waals surface area contributed by atoms with E-state index in [0.717, 1.165) is 10.9 Å². The van der Waals surface area contributed by atoms with Crippen LogP contribution in [0.1, 0.15) is 27.7 Å². The van der Waals surface area contributed by atoms with E-state index in [1.165, 1.54) is 10.4 Å². The first-order valence-corrected chi connectivity index (χ1v) is 9.23. The van der Waals surface area contributed by atoms with Crippen molar-refractivity contribution in [2.24, 2.45) is 0 Å². The molecule has 2 aromatic rings. The Morgan fingerprint density at radius 1 is 1.25 bits per heavy atom. The molecule has 1 amide bonds. The monoisotopic (exact) mass is 349 g/mol. The maximum absolute atomic E-state index is 12.8. The Morgan fingerprint density at radius 3 is 2.58 bits per heavy atom. The number of amides is 1. The predicted molar refractivity (Wildman–Crippen MR) is 94.1 cm³/mol. The van der Waals surface area contributed by atoms with E-state index in [1.807, 2.05) is 26.8 Å². The van der Waals surface area contributed by atoms with Crippen LogP contribution in [-0.4, -0.2) is 42.2 Å². The summed E-state index contributed by atoms with van der Waals surface area (Å²) < 4.78 is 26.8. The summed E-state index contributed by atoms with van der Waals surface area (Å²) in [5, 5.41) is 3.53. The van der Waals surface area contributed by atoms with Crippen molar-refractivity contribution in [3.05, 3.63) is 36.5 Å². The van der Waals surface area contributed by atoms with Crippen molar-refractivity contribution in [1.29, 1.82) is 0 Å². The number of fused-ring (bicyclic) bond motifs is 1. The van der Waals surface area contributed by atoms with Crippen LogP contribution in [0.4, 0.5) is 0 Å². The summed E-state index contributed by atoms with van der Waals surface area (Å²) >= 11 is 0. The average molecular weight is 349 g/mol. The molecular weight excluding hydrogens is 326 g/mol. The first-order chi connectivity index (χ1) is 11.1. The van der Waals surface area contributed by atoms with Crippen molar-refractivity contribution in [3.63, 3.8) is 0 Å². The zero-order valence-corrected chi connectivity index (χ0v) is 15.2. The van der Waals surface area contributed by atoms with Gasteiger partial charge in [-0.25, -0.2) is 8.42 Å². The van der Waals surface area contributed by atoms with Gasteiger partial charge in [0.25, 0.3) is 0 Å². The fourth-order valence-electron chi connectivity index (χ4n) is 2.35. The summed E-state index contributed by atoms with van der Waals surface area (Å²) in [5.41, 5.74) is 0.319. The molecular formula is C17H23N3O3S. The lowest BCUT2D eigenvalue weighted by molar-refractivity contribution is -0.122. The molecule has 0 fully saturated rings. The van der Waals surface area contributed by atoms with Gasteiger partial charge in [0, 0.05) is 23.7 Å². The zero-order valence-electron chi connectivity index (χ0n) is 14.4. The van der Waals surface area contributed by atoms with Gasteiger partial charge in [0.15, 0.2) is 0 Å². The number of carbonyl (C=O) groups excluding carboxylic acids is 1. The third kappa shape index (κ3) is 4.30. The Morgan fingerprint density at radius 2 is 1.96 bits per heavy atom. The van der Waals surface area contributed by atoms with E-state index in [9.17, 15) is 13.2 Å². The summed E-state index contributed by atoms with van der Waals surface area (Å²) in [4.78, 5) is 16.4. The first kappa shape index (κ1) is 18.4. The Kier molecular flexibility index (Phi) is 5.25. The van der Waals surface area contributed by atoms with Crippen LogP contribution in [0.25, 0.3) is 10.9 Å². The molecule has 0 aliphatic carbocycles. The average Bonchev–Trinajstić information content (AvgIpc) is 2.50. The van der Waals surface area contributed by atoms with Gasteiger partial charge in [0.05, 0.1) is 17.0 Å². The lowest BCUT2D eigenvalue weighted by Crippen LogP contribution is -2.47. The van der Waals surface area contributed by atoms with Crippen molar-refractivity contribution >= 4 is 26.8 Å². The molecule has 1 heterocycles. The van der Waals surface area contributed by atoms with Crippen molar-refractivity contribution in [2.75, 3.05) is 13.1 Å². The molecule has 1 aromatic carbocycles. The van der Waals surface area contributed by atoms with Gasteiger partial charge in [-0.05, 0) is 45.0 Å². The number of sulfonamides is 1. The fourth-order valence-corrected chi connectivity index (χ4v) is 3.79. The van der Waals surface area contributed by atoms with Gasteiger partial charge in [-0.15, -0.1) is 0 Å². The Bertz CT molecular complexity index is 842. The number of benzene rings is 1. The predicted octanol–water partition coefficient (Wildman–Crippen LogP) is 2.16. The van der Waals surface area contributed by atoms with Crippen LogP contribution in [0, 0.1) is 0 Å². The van der Waals surface area contributed by atoms with Crippen LogP contribution in [0.5, 0.6) is 0 Å². The van der Waals surface area contributed by atoms with E-state index in [4.69, 9.17) is 0 Å². The van der Waals surface area contributed by atoms with Gasteiger partial charge < -0.3 is 5.32 Å². The number of nitrogens with one attached hydrogen (secondary N) is 1. The van der Waals surface area contributed by atoms with Crippen molar-refractivity contribution < 1.29 is 13.2 Å². The van der Waals surface area contributed by atoms with Gasteiger partial charge in [-0.2, -0.15) is 4.31 Å². The van der Waals surface area contributed by atoms with Crippen molar-refractivity contribution in [3.8, 4) is 0 Å². The van der Waals surface area contributed by atoms with Crippen LogP contribution in [0.15, 0.2) is 41.4 Å². The van der Waals surface area contributed by atoms with E-state index < -0.39 is 15.6 Å². The first-order valence-electron chi connectivity index (χ1n) is 7.79. The molecule has 0 bridgehead atoms. The smallest absolute Gasteiger partial charge is 0.243 e. The topological polar surface area (TPSA) is 79.4 Å². The van der Waals surface area contributed by atoms with E-state index in [2.05, 4.69) is 10.3 Å². The zero-order chi connectivity index (χ0) is 18.0. The standard InChI is InChI=1S/C17H23N3O3S/c1-5-20(12-16(21)19-17(2,3)4)24(22,23)14-8-9-15-13(11-14)7-6-10-18-15/h6-11H,5,12H2,1-4H3,(H,19,21). The maximum Gasteiger partial charge on any atom is 0.243 e. The molecule has 1 aromatic heterocycles. The molecule has 0 saturated carbocycles. The number of carbonyl (C=O) groups is 1. The molecule has 0 aliphatic rings. The summed E-state index contributed by atoms with van der Waals surface area (Å²) in [7, 11) is -3.75. The van der Waals surface area contributed by atoms with Gasteiger partial charge in [-0.1, -0.05) is 13.0 Å². The SMILES string of the molecule is CCN(CC(=O)NC(C)(C)C)S(=O)(=O)c1ccc2ncccc2c1. The number of likely N-dealkylation sites (N-methyl/N-ethyl adjacent to an activating group) is 1. The van der Waals surface area contributed by atoms with Gasteiger partial charge in [-0.3, -0.25) is 9.78 Å². The second-order valence-electron chi connectivity index (χ2n) is 6.59.